The smallest absolute Gasteiger partial charge is 0.310 e. The standard InChI is InChI=1S/C12H13NO4/c14-10-9-8(11(15)16)7-3-4-12(9,17-7)5-13(10)6-1-2-6/h3-4,6-9H,1-2,5H2,(H,15,16)/t7-,8+,9-,12-/m1/s1. The maximum Gasteiger partial charge on any atom is 0.310 e. The third kappa shape index (κ3) is 1.03. The van der Waals surface area contributed by atoms with E-state index < -0.39 is 29.5 Å². The molecule has 0 aromatic rings. The first-order valence-corrected chi connectivity index (χ1v) is 6.03. The zero-order valence-corrected chi connectivity index (χ0v) is 9.20. The lowest BCUT2D eigenvalue weighted by atomic mass is 9.77. The zero-order chi connectivity index (χ0) is 11.8. The van der Waals surface area contributed by atoms with E-state index in [1.54, 1.807) is 6.08 Å². The van der Waals surface area contributed by atoms with Crippen LogP contribution in [0.4, 0.5) is 0 Å². The molecule has 5 heteroatoms. The number of likely N-dealkylation sites (tertiary alicyclic amines) is 1. The number of carboxylic acids is 1. The highest BCUT2D eigenvalue weighted by Gasteiger charge is 2.68. The Balaban J connectivity index is 1.76. The van der Waals surface area contributed by atoms with Gasteiger partial charge in [0.1, 0.15) is 11.5 Å². The molecule has 0 unspecified atom stereocenters. The van der Waals surface area contributed by atoms with Gasteiger partial charge in [-0.05, 0) is 12.8 Å². The molecule has 0 aromatic carbocycles. The van der Waals surface area contributed by atoms with Crippen molar-refractivity contribution < 1.29 is 19.4 Å². The van der Waals surface area contributed by atoms with Crippen molar-refractivity contribution in [2.75, 3.05) is 6.54 Å². The zero-order valence-electron chi connectivity index (χ0n) is 9.20. The Hall–Kier alpha value is -1.36. The molecule has 1 amide bonds. The topological polar surface area (TPSA) is 66.8 Å². The van der Waals surface area contributed by atoms with Gasteiger partial charge in [-0.1, -0.05) is 12.2 Å². The first-order valence-electron chi connectivity index (χ1n) is 6.03. The van der Waals surface area contributed by atoms with E-state index in [0.29, 0.717) is 12.6 Å². The number of nitrogens with zero attached hydrogens (tertiary/aromatic N) is 1. The Morgan fingerprint density at radius 2 is 2.29 bits per heavy atom. The minimum atomic E-state index is -0.919. The van der Waals surface area contributed by atoms with Crippen LogP contribution in [0.25, 0.3) is 0 Å². The first kappa shape index (κ1) is 9.65. The second-order valence-corrected chi connectivity index (χ2v) is 5.44. The number of hydrogen-bond donors (Lipinski definition) is 1. The number of ether oxygens (including phenoxy) is 1. The summed E-state index contributed by atoms with van der Waals surface area (Å²) in [7, 11) is 0. The Labute approximate surface area is 98.0 Å². The number of carbonyl (C=O) groups excluding carboxylic acids is 1. The number of aliphatic carboxylic acids is 1. The van der Waals surface area contributed by atoms with Crippen LogP contribution in [0.1, 0.15) is 12.8 Å². The lowest BCUT2D eigenvalue weighted by Gasteiger charge is -2.21. The third-order valence-corrected chi connectivity index (χ3v) is 4.40. The van der Waals surface area contributed by atoms with Crippen LogP contribution in [-0.4, -0.2) is 46.2 Å². The van der Waals surface area contributed by atoms with E-state index in [4.69, 9.17) is 4.74 Å². The van der Waals surface area contributed by atoms with Crippen molar-refractivity contribution in [3.05, 3.63) is 12.2 Å². The van der Waals surface area contributed by atoms with Crippen molar-refractivity contribution in [2.24, 2.45) is 11.8 Å². The number of fused-ring (bicyclic) bond motifs is 1. The van der Waals surface area contributed by atoms with E-state index in [-0.39, 0.29) is 5.91 Å². The Morgan fingerprint density at radius 3 is 2.94 bits per heavy atom. The molecule has 5 nitrogen and oxygen atoms in total. The quantitative estimate of drug-likeness (QED) is 0.685. The van der Waals surface area contributed by atoms with Crippen LogP contribution in [-0.2, 0) is 14.3 Å². The normalized spacial score (nSPS) is 46.7. The summed E-state index contributed by atoms with van der Waals surface area (Å²) in [6.45, 7) is 0.540. The average Bonchev–Trinajstić information content (AvgIpc) is 2.89. The molecule has 4 atom stereocenters. The lowest BCUT2D eigenvalue weighted by molar-refractivity contribution is -0.148. The van der Waals surface area contributed by atoms with E-state index in [2.05, 4.69) is 0 Å². The Kier molecular flexibility index (Phi) is 1.54. The highest BCUT2D eigenvalue weighted by atomic mass is 16.5. The molecule has 17 heavy (non-hydrogen) atoms. The molecule has 1 aliphatic carbocycles. The van der Waals surface area contributed by atoms with Crippen LogP contribution < -0.4 is 0 Å². The van der Waals surface area contributed by atoms with Crippen molar-refractivity contribution in [3.8, 4) is 0 Å². The van der Waals surface area contributed by atoms with Gasteiger partial charge in [0.25, 0.3) is 0 Å². The predicted molar refractivity (Wildman–Crippen MR) is 56.1 cm³/mol. The molecule has 0 aromatic heterocycles. The summed E-state index contributed by atoms with van der Waals surface area (Å²) in [6.07, 6.45) is 5.38. The second kappa shape index (κ2) is 2.72. The van der Waals surface area contributed by atoms with Crippen LogP contribution in [0.3, 0.4) is 0 Å². The van der Waals surface area contributed by atoms with Gasteiger partial charge in [-0.25, -0.2) is 0 Å². The molecule has 3 aliphatic heterocycles. The summed E-state index contributed by atoms with van der Waals surface area (Å²) >= 11 is 0. The molecule has 90 valence electrons. The van der Waals surface area contributed by atoms with E-state index in [1.807, 2.05) is 11.0 Å². The minimum absolute atomic E-state index is 0.0215. The molecule has 3 heterocycles. The van der Waals surface area contributed by atoms with Gasteiger partial charge in [0.15, 0.2) is 0 Å². The third-order valence-electron chi connectivity index (χ3n) is 4.40. The summed E-state index contributed by atoms with van der Waals surface area (Å²) in [5, 5.41) is 9.25. The maximum atomic E-state index is 12.3. The van der Waals surface area contributed by atoms with Gasteiger partial charge in [0, 0.05) is 6.04 Å². The number of amides is 1. The summed E-state index contributed by atoms with van der Waals surface area (Å²) in [5.74, 6) is -2.14. The van der Waals surface area contributed by atoms with E-state index in [9.17, 15) is 14.7 Å². The van der Waals surface area contributed by atoms with Gasteiger partial charge in [-0.2, -0.15) is 0 Å². The summed E-state index contributed by atoms with van der Waals surface area (Å²) in [4.78, 5) is 25.4. The van der Waals surface area contributed by atoms with Crippen molar-refractivity contribution in [1.82, 2.24) is 4.90 Å². The molecule has 4 aliphatic rings. The van der Waals surface area contributed by atoms with Crippen LogP contribution in [0, 0.1) is 11.8 Å². The van der Waals surface area contributed by atoms with Gasteiger partial charge in [0.2, 0.25) is 5.91 Å². The monoisotopic (exact) mass is 235 g/mol. The van der Waals surface area contributed by atoms with Crippen LogP contribution >= 0.6 is 0 Å². The summed E-state index contributed by atoms with van der Waals surface area (Å²) < 4.78 is 5.78. The first-order chi connectivity index (χ1) is 8.12. The molecule has 0 radical (unpaired) electrons. The van der Waals surface area contributed by atoms with Crippen molar-refractivity contribution in [2.45, 2.75) is 30.6 Å². The van der Waals surface area contributed by atoms with Gasteiger partial charge in [-0.15, -0.1) is 0 Å². The highest BCUT2D eigenvalue weighted by Crippen LogP contribution is 2.53. The number of rotatable bonds is 2. The molecule has 1 saturated carbocycles. The summed E-state index contributed by atoms with van der Waals surface area (Å²) in [6, 6.07) is 0.327. The van der Waals surface area contributed by atoms with Crippen molar-refractivity contribution in [1.29, 1.82) is 0 Å². The molecule has 2 saturated heterocycles. The number of hydrogen-bond acceptors (Lipinski definition) is 3. The fourth-order valence-corrected chi connectivity index (χ4v) is 3.51. The number of carbonyl (C=O) groups is 2. The van der Waals surface area contributed by atoms with Gasteiger partial charge >= 0.3 is 5.97 Å². The highest BCUT2D eigenvalue weighted by molar-refractivity contribution is 5.91. The largest absolute Gasteiger partial charge is 0.481 e. The second-order valence-electron chi connectivity index (χ2n) is 5.44. The molecule has 3 fully saturated rings. The average molecular weight is 235 g/mol. The molecule has 2 bridgehead atoms. The van der Waals surface area contributed by atoms with Crippen LogP contribution in [0.5, 0.6) is 0 Å². The molecule has 4 rings (SSSR count). The molecular weight excluding hydrogens is 222 g/mol. The van der Waals surface area contributed by atoms with E-state index in [0.717, 1.165) is 12.8 Å². The Morgan fingerprint density at radius 1 is 1.53 bits per heavy atom. The summed E-state index contributed by atoms with van der Waals surface area (Å²) in [5.41, 5.74) is -0.645. The van der Waals surface area contributed by atoms with E-state index in [1.165, 1.54) is 0 Å². The van der Waals surface area contributed by atoms with Crippen LogP contribution in [0.15, 0.2) is 12.2 Å². The van der Waals surface area contributed by atoms with Gasteiger partial charge < -0.3 is 14.7 Å². The van der Waals surface area contributed by atoms with Gasteiger partial charge in [-0.3, -0.25) is 9.59 Å². The van der Waals surface area contributed by atoms with Crippen molar-refractivity contribution in [3.63, 3.8) is 0 Å². The maximum absolute atomic E-state index is 12.3. The fourth-order valence-electron chi connectivity index (χ4n) is 3.51. The Bertz CT molecular complexity index is 455. The minimum Gasteiger partial charge on any atom is -0.481 e. The van der Waals surface area contributed by atoms with Crippen LogP contribution in [0.2, 0.25) is 0 Å². The predicted octanol–water partition coefficient (Wildman–Crippen LogP) is 0.0154. The van der Waals surface area contributed by atoms with Crippen molar-refractivity contribution >= 4 is 11.9 Å². The fraction of sp³-hybridized carbons (Fsp3) is 0.667. The van der Waals surface area contributed by atoms with Gasteiger partial charge in [0.05, 0.1) is 18.6 Å². The van der Waals surface area contributed by atoms with E-state index >= 15 is 0 Å². The lowest BCUT2D eigenvalue weighted by Crippen LogP contribution is -2.39. The SMILES string of the molecule is O=C(O)[C@H]1[C@H]2C=C[C@]3(CN(C4CC4)C(=O)[C@@H]13)O2. The number of carboxylic acid groups (broad SMARTS) is 1. The molecular formula is C12H13NO4. The molecule has 1 spiro atoms. The molecule has 1 N–H and O–H groups in total.